The van der Waals surface area contributed by atoms with Gasteiger partial charge in [0.2, 0.25) is 0 Å². The highest BCUT2D eigenvalue weighted by atomic mass is 15.2. The number of aliphatic imine (C=N–C) groups is 1. The van der Waals surface area contributed by atoms with Crippen LogP contribution in [0.25, 0.3) is 0 Å². The van der Waals surface area contributed by atoms with Gasteiger partial charge < -0.3 is 9.80 Å². The molecule has 1 fully saturated rings. The Hall–Kier alpha value is -0.570. The van der Waals surface area contributed by atoms with Crippen molar-refractivity contribution in [3.63, 3.8) is 0 Å². The molecular weight excluding hydrogens is 354 g/mol. The lowest BCUT2D eigenvalue weighted by Crippen LogP contribution is -2.34. The molecule has 0 aromatic rings. The first-order chi connectivity index (χ1) is 14.3. The van der Waals surface area contributed by atoms with E-state index in [1.807, 2.05) is 0 Å². The predicted octanol–water partition coefficient (Wildman–Crippen LogP) is 7.30. The Morgan fingerprint density at radius 1 is 0.690 bits per heavy atom. The van der Waals surface area contributed by atoms with E-state index in [4.69, 9.17) is 0 Å². The molecule has 0 radical (unpaired) electrons. The zero-order valence-corrected chi connectivity index (χ0v) is 20.4. The van der Waals surface area contributed by atoms with Crippen molar-refractivity contribution in [1.82, 2.24) is 9.80 Å². The number of rotatable bonds is 14. The summed E-state index contributed by atoms with van der Waals surface area (Å²) in [7, 11) is 2.29. The van der Waals surface area contributed by atoms with Gasteiger partial charge in [-0.2, -0.15) is 0 Å². The van der Waals surface area contributed by atoms with Crippen LogP contribution in [0.1, 0.15) is 123 Å². The van der Waals surface area contributed by atoms with Crippen LogP contribution >= 0.6 is 0 Å². The van der Waals surface area contributed by atoms with E-state index in [1.165, 1.54) is 141 Å². The zero-order valence-electron chi connectivity index (χ0n) is 20.4. The Labute approximate surface area is 183 Å². The average Bonchev–Trinajstić information content (AvgIpc) is 2.99. The lowest BCUT2D eigenvalue weighted by atomic mass is 10.1. The second kappa shape index (κ2) is 19.4. The van der Waals surface area contributed by atoms with E-state index in [1.54, 1.807) is 0 Å². The van der Waals surface area contributed by atoms with Crippen LogP contribution in [0.3, 0.4) is 0 Å². The molecule has 0 spiro atoms. The topological polar surface area (TPSA) is 18.8 Å². The Kier molecular flexibility index (Phi) is 17.7. The third-order valence-electron chi connectivity index (χ3n) is 6.36. The van der Waals surface area contributed by atoms with Gasteiger partial charge in [-0.05, 0) is 52.2 Å². The summed E-state index contributed by atoms with van der Waals surface area (Å²) in [6, 6.07) is 0. The summed E-state index contributed by atoms with van der Waals surface area (Å²) >= 11 is 0. The molecule has 2 heterocycles. The van der Waals surface area contributed by atoms with Gasteiger partial charge in [-0.15, -0.1) is 0 Å². The number of fused-ring (bicyclic) bond motifs is 1. The van der Waals surface area contributed by atoms with E-state index in [2.05, 4.69) is 35.7 Å². The first-order valence-corrected chi connectivity index (χ1v) is 13.2. The van der Waals surface area contributed by atoms with Gasteiger partial charge in [0, 0.05) is 26.1 Å². The first-order valence-electron chi connectivity index (χ1n) is 13.2. The predicted molar refractivity (Wildman–Crippen MR) is 131 cm³/mol. The first kappa shape index (κ1) is 26.5. The fourth-order valence-electron chi connectivity index (χ4n) is 4.38. The van der Waals surface area contributed by atoms with E-state index >= 15 is 0 Å². The Morgan fingerprint density at radius 2 is 1.24 bits per heavy atom. The Balaban J connectivity index is 0.000000321. The van der Waals surface area contributed by atoms with Crippen LogP contribution in [0.15, 0.2) is 4.99 Å². The number of nitrogens with zero attached hydrogens (tertiary/aromatic N) is 3. The maximum Gasteiger partial charge on any atom is 0.0988 e. The molecule has 0 aromatic heterocycles. The van der Waals surface area contributed by atoms with Crippen molar-refractivity contribution in [2.75, 3.05) is 39.8 Å². The van der Waals surface area contributed by atoms with Gasteiger partial charge in [-0.3, -0.25) is 4.99 Å². The van der Waals surface area contributed by atoms with Crippen LogP contribution in [0.5, 0.6) is 0 Å². The molecule has 0 saturated carbocycles. The van der Waals surface area contributed by atoms with E-state index in [0.717, 1.165) is 6.54 Å². The van der Waals surface area contributed by atoms with Crippen molar-refractivity contribution < 1.29 is 0 Å². The molecule has 0 atom stereocenters. The van der Waals surface area contributed by atoms with Gasteiger partial charge in [0.15, 0.2) is 0 Å². The lowest BCUT2D eigenvalue weighted by molar-refractivity contribution is 0.314. The average molecular weight is 408 g/mol. The molecule has 172 valence electrons. The number of unbranched alkanes of at least 4 members (excludes halogenated alkanes) is 10. The molecule has 2 rings (SSSR count). The molecule has 3 heteroatoms. The molecule has 0 amide bonds. The number of amidine groups is 1. The third kappa shape index (κ3) is 15.0. The normalized spacial score (nSPS) is 16.7. The zero-order chi connectivity index (χ0) is 21.0. The summed E-state index contributed by atoms with van der Waals surface area (Å²) in [4.78, 5) is 9.56. The van der Waals surface area contributed by atoms with Crippen LogP contribution in [0.2, 0.25) is 0 Å². The van der Waals surface area contributed by atoms with Gasteiger partial charge in [-0.1, -0.05) is 84.5 Å². The van der Waals surface area contributed by atoms with Gasteiger partial charge in [-0.25, -0.2) is 0 Å². The number of hydrogen-bond acceptors (Lipinski definition) is 3. The molecule has 0 unspecified atom stereocenters. The SMILES string of the molecule is C1CCC2=NCCCN2CC1.CCCCCCCCN(C)CCCCCCCC. The van der Waals surface area contributed by atoms with Crippen LogP contribution in [0, 0.1) is 0 Å². The van der Waals surface area contributed by atoms with Crippen molar-refractivity contribution in [3.05, 3.63) is 0 Å². The molecular formula is C26H53N3. The van der Waals surface area contributed by atoms with Crippen molar-refractivity contribution in [3.8, 4) is 0 Å². The molecule has 3 nitrogen and oxygen atoms in total. The molecule has 0 aromatic carbocycles. The van der Waals surface area contributed by atoms with E-state index in [9.17, 15) is 0 Å². The lowest BCUT2D eigenvalue weighted by Gasteiger charge is -2.27. The summed E-state index contributed by atoms with van der Waals surface area (Å²) in [5.74, 6) is 1.40. The second-order valence-corrected chi connectivity index (χ2v) is 9.29. The van der Waals surface area contributed by atoms with Gasteiger partial charge in [0.05, 0.1) is 5.84 Å². The maximum atomic E-state index is 4.55. The largest absolute Gasteiger partial charge is 0.360 e. The quantitative estimate of drug-likeness (QED) is 0.281. The highest BCUT2D eigenvalue weighted by Gasteiger charge is 2.16. The van der Waals surface area contributed by atoms with Crippen molar-refractivity contribution in [2.24, 2.45) is 4.99 Å². The molecule has 2 aliphatic rings. The summed E-state index contributed by atoms with van der Waals surface area (Å²) in [5.41, 5.74) is 0. The maximum absolute atomic E-state index is 4.55. The third-order valence-corrected chi connectivity index (χ3v) is 6.36. The van der Waals surface area contributed by atoms with E-state index in [0.29, 0.717) is 0 Å². The molecule has 0 bridgehead atoms. The van der Waals surface area contributed by atoms with E-state index < -0.39 is 0 Å². The van der Waals surface area contributed by atoms with Crippen molar-refractivity contribution in [1.29, 1.82) is 0 Å². The Morgan fingerprint density at radius 3 is 1.86 bits per heavy atom. The summed E-state index contributed by atoms with van der Waals surface area (Å²) < 4.78 is 0. The van der Waals surface area contributed by atoms with Crippen molar-refractivity contribution >= 4 is 5.84 Å². The summed E-state index contributed by atoms with van der Waals surface area (Å²) in [6.07, 6.45) is 23.6. The highest BCUT2D eigenvalue weighted by molar-refractivity contribution is 5.83. The summed E-state index contributed by atoms with van der Waals surface area (Å²) in [6.45, 7) is 10.8. The molecule has 2 aliphatic heterocycles. The fraction of sp³-hybridized carbons (Fsp3) is 0.962. The Bertz CT molecular complexity index is 364. The van der Waals surface area contributed by atoms with Gasteiger partial charge in [0.1, 0.15) is 0 Å². The smallest absolute Gasteiger partial charge is 0.0988 e. The molecule has 0 aliphatic carbocycles. The highest BCUT2D eigenvalue weighted by Crippen LogP contribution is 2.15. The van der Waals surface area contributed by atoms with Gasteiger partial charge in [0.25, 0.3) is 0 Å². The molecule has 29 heavy (non-hydrogen) atoms. The van der Waals surface area contributed by atoms with Crippen LogP contribution in [-0.4, -0.2) is 55.4 Å². The minimum Gasteiger partial charge on any atom is -0.360 e. The van der Waals surface area contributed by atoms with Crippen LogP contribution in [0.4, 0.5) is 0 Å². The minimum absolute atomic E-state index is 1.08. The van der Waals surface area contributed by atoms with Crippen LogP contribution in [-0.2, 0) is 0 Å². The minimum atomic E-state index is 1.08. The molecule has 0 N–H and O–H groups in total. The van der Waals surface area contributed by atoms with Crippen molar-refractivity contribution in [2.45, 2.75) is 123 Å². The second-order valence-electron chi connectivity index (χ2n) is 9.29. The standard InChI is InChI=1S/C17H37N.C9H16N2/c1-4-6-8-10-12-14-16-18(3)17-15-13-11-9-7-5-2;1-2-5-9-10-6-4-8-11(9)7-3-1/h4-17H2,1-3H3;1-8H2. The summed E-state index contributed by atoms with van der Waals surface area (Å²) in [5, 5.41) is 0. The van der Waals surface area contributed by atoms with Crippen LogP contribution < -0.4 is 0 Å². The monoisotopic (exact) mass is 407 g/mol. The van der Waals surface area contributed by atoms with Gasteiger partial charge >= 0.3 is 0 Å². The number of hydrogen-bond donors (Lipinski definition) is 0. The van der Waals surface area contributed by atoms with E-state index in [-0.39, 0.29) is 0 Å². The molecule has 1 saturated heterocycles. The fourth-order valence-corrected chi connectivity index (χ4v) is 4.38.